The highest BCUT2D eigenvalue weighted by Crippen LogP contribution is 2.22. The van der Waals surface area contributed by atoms with Gasteiger partial charge >= 0.3 is 0 Å². The summed E-state index contributed by atoms with van der Waals surface area (Å²) in [4.78, 5) is 0.364. The smallest absolute Gasteiger partial charge is 0.178 e. The van der Waals surface area contributed by atoms with Crippen molar-refractivity contribution < 1.29 is 8.42 Å². The van der Waals surface area contributed by atoms with Gasteiger partial charge in [0.25, 0.3) is 0 Å². The zero-order valence-corrected chi connectivity index (χ0v) is 11.9. The lowest BCUT2D eigenvalue weighted by atomic mass is 9.90. The molecule has 98 valence electrons. The first-order valence-electron chi connectivity index (χ1n) is 5.97. The Labute approximate surface area is 109 Å². The van der Waals surface area contributed by atoms with E-state index in [-0.39, 0.29) is 5.75 Å². The van der Waals surface area contributed by atoms with Crippen molar-refractivity contribution in [3.63, 3.8) is 0 Å². The largest absolute Gasteiger partial charge is 0.224 e. The summed E-state index contributed by atoms with van der Waals surface area (Å²) in [6, 6.07) is 9.05. The Hall–Kier alpha value is -1.34. The molecule has 0 aromatic heterocycles. The van der Waals surface area contributed by atoms with Gasteiger partial charge in [0.2, 0.25) is 0 Å². The van der Waals surface area contributed by atoms with Crippen LogP contribution in [0.4, 0.5) is 0 Å². The highest BCUT2D eigenvalue weighted by atomic mass is 32.2. The van der Waals surface area contributed by atoms with Crippen molar-refractivity contribution in [2.45, 2.75) is 38.5 Å². The van der Waals surface area contributed by atoms with Crippen molar-refractivity contribution in [3.8, 4) is 6.07 Å². The van der Waals surface area contributed by atoms with E-state index in [1.165, 1.54) is 0 Å². The standard InChI is InChI=1S/C14H19NO2S/c1-12-5-7-13(8-6-12)18(16,17)10-4-9-14(2,3)11-15/h5-8H,4,9-10H2,1-3H3. The van der Waals surface area contributed by atoms with Gasteiger partial charge in [0, 0.05) is 0 Å². The minimum atomic E-state index is -3.22. The number of nitrogens with zero attached hydrogens (tertiary/aromatic N) is 1. The number of sulfone groups is 1. The van der Waals surface area contributed by atoms with E-state index < -0.39 is 15.3 Å². The van der Waals surface area contributed by atoms with Crippen LogP contribution in [0, 0.1) is 23.7 Å². The Morgan fingerprint density at radius 3 is 2.28 bits per heavy atom. The Morgan fingerprint density at radius 1 is 1.22 bits per heavy atom. The molecule has 1 aromatic rings. The van der Waals surface area contributed by atoms with E-state index in [9.17, 15) is 8.42 Å². The Kier molecular flexibility index (Phi) is 4.53. The van der Waals surface area contributed by atoms with Gasteiger partial charge in [0.05, 0.1) is 22.1 Å². The first-order valence-corrected chi connectivity index (χ1v) is 7.63. The number of nitriles is 1. The molecule has 0 atom stereocenters. The predicted octanol–water partition coefficient (Wildman–Crippen LogP) is 3.10. The maximum atomic E-state index is 12.0. The summed E-state index contributed by atoms with van der Waals surface area (Å²) in [5, 5.41) is 8.87. The number of hydrogen-bond donors (Lipinski definition) is 0. The summed E-state index contributed by atoms with van der Waals surface area (Å²) in [6.07, 6.45) is 1.10. The Balaban J connectivity index is 2.67. The molecule has 0 bridgehead atoms. The molecular formula is C14H19NO2S. The summed E-state index contributed by atoms with van der Waals surface area (Å²) in [5.74, 6) is 0.0984. The zero-order valence-electron chi connectivity index (χ0n) is 11.1. The number of benzene rings is 1. The van der Waals surface area contributed by atoms with Gasteiger partial charge in [-0.1, -0.05) is 17.7 Å². The van der Waals surface area contributed by atoms with E-state index >= 15 is 0 Å². The molecule has 18 heavy (non-hydrogen) atoms. The highest BCUT2D eigenvalue weighted by molar-refractivity contribution is 7.91. The van der Waals surface area contributed by atoms with Crippen LogP contribution >= 0.6 is 0 Å². The van der Waals surface area contributed by atoms with Gasteiger partial charge in [-0.05, 0) is 45.7 Å². The van der Waals surface area contributed by atoms with Crippen LogP contribution in [0.3, 0.4) is 0 Å². The van der Waals surface area contributed by atoms with Crippen molar-refractivity contribution in [1.82, 2.24) is 0 Å². The molecule has 0 aliphatic rings. The molecule has 0 N–H and O–H groups in total. The first kappa shape index (κ1) is 14.7. The zero-order chi connectivity index (χ0) is 13.8. The molecule has 0 aliphatic carbocycles. The van der Waals surface area contributed by atoms with Gasteiger partial charge in [-0.3, -0.25) is 0 Å². The van der Waals surface area contributed by atoms with E-state index in [0.29, 0.717) is 17.7 Å². The predicted molar refractivity (Wildman–Crippen MR) is 71.9 cm³/mol. The third kappa shape index (κ3) is 4.15. The van der Waals surface area contributed by atoms with Crippen molar-refractivity contribution in [2.75, 3.05) is 5.75 Å². The summed E-state index contributed by atoms with van der Waals surface area (Å²) < 4.78 is 24.1. The van der Waals surface area contributed by atoms with Crippen LogP contribution in [-0.4, -0.2) is 14.2 Å². The number of rotatable bonds is 5. The molecule has 0 heterocycles. The average Bonchev–Trinajstić information content (AvgIpc) is 2.29. The van der Waals surface area contributed by atoms with Crippen LogP contribution in [0.5, 0.6) is 0 Å². The van der Waals surface area contributed by atoms with E-state index in [2.05, 4.69) is 6.07 Å². The minimum Gasteiger partial charge on any atom is -0.224 e. The van der Waals surface area contributed by atoms with Gasteiger partial charge in [-0.15, -0.1) is 0 Å². The van der Waals surface area contributed by atoms with Gasteiger partial charge in [0.15, 0.2) is 9.84 Å². The average molecular weight is 265 g/mol. The summed E-state index contributed by atoms with van der Waals surface area (Å²) >= 11 is 0. The lowest BCUT2D eigenvalue weighted by molar-refractivity contribution is 0.445. The van der Waals surface area contributed by atoms with Gasteiger partial charge in [-0.25, -0.2) is 8.42 Å². The SMILES string of the molecule is Cc1ccc(S(=O)(=O)CCCC(C)(C)C#N)cc1. The fraction of sp³-hybridized carbons (Fsp3) is 0.500. The monoisotopic (exact) mass is 265 g/mol. The van der Waals surface area contributed by atoms with Crippen LogP contribution in [0.25, 0.3) is 0 Å². The minimum absolute atomic E-state index is 0.0984. The lowest BCUT2D eigenvalue weighted by Crippen LogP contribution is -2.12. The van der Waals surface area contributed by atoms with Crippen molar-refractivity contribution >= 4 is 9.84 Å². The second-order valence-electron chi connectivity index (χ2n) is 5.23. The van der Waals surface area contributed by atoms with Crippen LogP contribution in [0.2, 0.25) is 0 Å². The third-order valence-corrected chi connectivity index (χ3v) is 4.71. The highest BCUT2D eigenvalue weighted by Gasteiger charge is 2.19. The maximum Gasteiger partial charge on any atom is 0.178 e. The lowest BCUT2D eigenvalue weighted by Gasteiger charge is -2.14. The molecule has 0 spiro atoms. The number of hydrogen-bond acceptors (Lipinski definition) is 3. The number of aryl methyl sites for hydroxylation is 1. The summed E-state index contributed by atoms with van der Waals surface area (Å²) in [7, 11) is -3.22. The molecule has 0 aliphatic heterocycles. The van der Waals surface area contributed by atoms with Gasteiger partial charge in [-0.2, -0.15) is 5.26 Å². The van der Waals surface area contributed by atoms with Gasteiger partial charge in [0.1, 0.15) is 0 Å². The molecule has 0 saturated carbocycles. The van der Waals surface area contributed by atoms with E-state index in [4.69, 9.17) is 5.26 Å². The third-order valence-electron chi connectivity index (χ3n) is 2.90. The Morgan fingerprint density at radius 2 is 1.78 bits per heavy atom. The van der Waals surface area contributed by atoms with Crippen molar-refractivity contribution in [2.24, 2.45) is 5.41 Å². The van der Waals surface area contributed by atoms with Crippen LogP contribution in [0.15, 0.2) is 29.2 Å². The molecule has 0 saturated heterocycles. The van der Waals surface area contributed by atoms with Crippen LogP contribution < -0.4 is 0 Å². The van der Waals surface area contributed by atoms with E-state index in [0.717, 1.165) is 5.56 Å². The molecule has 0 radical (unpaired) electrons. The topological polar surface area (TPSA) is 57.9 Å². The fourth-order valence-electron chi connectivity index (χ4n) is 1.62. The van der Waals surface area contributed by atoms with E-state index in [1.807, 2.05) is 20.8 Å². The van der Waals surface area contributed by atoms with Crippen molar-refractivity contribution in [1.29, 1.82) is 5.26 Å². The molecule has 3 nitrogen and oxygen atoms in total. The second-order valence-corrected chi connectivity index (χ2v) is 7.34. The summed E-state index contributed by atoms with van der Waals surface area (Å²) in [5.41, 5.74) is 0.586. The first-order chi connectivity index (χ1) is 8.27. The maximum absolute atomic E-state index is 12.0. The van der Waals surface area contributed by atoms with Crippen molar-refractivity contribution in [3.05, 3.63) is 29.8 Å². The quantitative estimate of drug-likeness (QED) is 0.822. The molecular weight excluding hydrogens is 246 g/mol. The molecule has 4 heteroatoms. The molecule has 1 rings (SSSR count). The normalized spacial score (nSPS) is 12.1. The second kappa shape index (κ2) is 5.53. The fourth-order valence-corrected chi connectivity index (χ4v) is 2.93. The molecule has 0 fully saturated rings. The van der Waals surface area contributed by atoms with Gasteiger partial charge < -0.3 is 0 Å². The molecule has 0 amide bonds. The van der Waals surface area contributed by atoms with E-state index in [1.54, 1.807) is 24.3 Å². The molecule has 0 unspecified atom stereocenters. The van der Waals surface area contributed by atoms with Crippen LogP contribution in [-0.2, 0) is 9.84 Å². The summed E-state index contributed by atoms with van der Waals surface area (Å²) in [6.45, 7) is 5.57. The Bertz CT molecular complexity index is 536. The molecule has 1 aromatic carbocycles. The van der Waals surface area contributed by atoms with Crippen LogP contribution in [0.1, 0.15) is 32.3 Å².